The highest BCUT2D eigenvalue weighted by Gasteiger charge is 2.21. The molecule has 24 heavy (non-hydrogen) atoms. The van der Waals surface area contributed by atoms with E-state index in [9.17, 15) is 9.90 Å². The van der Waals surface area contributed by atoms with Crippen LogP contribution in [0, 0.1) is 0 Å². The molecule has 1 atom stereocenters. The molecule has 5 heteroatoms. The number of amides is 1. The van der Waals surface area contributed by atoms with E-state index in [4.69, 9.17) is 0 Å². The number of nitrogens with zero attached hydrogens (tertiary/aromatic N) is 1. The molecule has 0 bridgehead atoms. The average Bonchev–Trinajstić information content (AvgIpc) is 3.07. The minimum absolute atomic E-state index is 0.176. The summed E-state index contributed by atoms with van der Waals surface area (Å²) in [6, 6.07) is 15.5. The molecule has 124 valence electrons. The van der Waals surface area contributed by atoms with Crippen LogP contribution in [0.1, 0.15) is 29.3 Å². The van der Waals surface area contributed by atoms with Crippen LogP contribution < -0.4 is 5.32 Å². The summed E-state index contributed by atoms with van der Waals surface area (Å²) in [5.74, 6) is -0.176. The minimum atomic E-state index is -0.944. The average molecular weight is 340 g/mol. The van der Waals surface area contributed by atoms with Gasteiger partial charge in [-0.2, -0.15) is 0 Å². The summed E-state index contributed by atoms with van der Waals surface area (Å²) in [6.45, 7) is 1.97. The highest BCUT2D eigenvalue weighted by atomic mass is 32.1. The zero-order valence-corrected chi connectivity index (χ0v) is 14.3. The van der Waals surface area contributed by atoms with Gasteiger partial charge in [0.1, 0.15) is 0 Å². The Labute approximate surface area is 145 Å². The number of carbonyl (C=O) groups is 1. The maximum Gasteiger partial charge on any atom is 0.251 e. The molecular formula is C19H20N2O2S. The minimum Gasteiger partial charge on any atom is -0.388 e. The molecule has 0 saturated carbocycles. The number of nitrogens with one attached hydrogen (secondary N) is 1. The van der Waals surface area contributed by atoms with Crippen molar-refractivity contribution in [3.05, 3.63) is 65.2 Å². The van der Waals surface area contributed by atoms with Crippen LogP contribution in [-0.4, -0.2) is 28.1 Å². The number of aromatic nitrogens is 1. The van der Waals surface area contributed by atoms with Crippen molar-refractivity contribution in [1.29, 1.82) is 0 Å². The van der Waals surface area contributed by atoms with Crippen molar-refractivity contribution in [2.45, 2.75) is 25.4 Å². The van der Waals surface area contributed by atoms with Gasteiger partial charge in [-0.3, -0.25) is 4.79 Å². The van der Waals surface area contributed by atoms with Crippen LogP contribution >= 0.6 is 11.3 Å². The summed E-state index contributed by atoms with van der Waals surface area (Å²) in [6.07, 6.45) is 1.36. The third kappa shape index (κ3) is 4.19. The molecule has 0 aliphatic rings. The fourth-order valence-corrected chi connectivity index (χ4v) is 3.23. The Morgan fingerprint density at radius 1 is 1.25 bits per heavy atom. The lowest BCUT2D eigenvalue weighted by Crippen LogP contribution is -2.41. The van der Waals surface area contributed by atoms with Crippen LogP contribution in [0.15, 0.2) is 54.0 Å². The molecule has 0 spiro atoms. The van der Waals surface area contributed by atoms with Crippen LogP contribution in [0.5, 0.6) is 0 Å². The molecule has 0 unspecified atom stereocenters. The number of rotatable bonds is 6. The lowest BCUT2D eigenvalue weighted by Gasteiger charge is -2.23. The fraction of sp³-hybridized carbons (Fsp3) is 0.263. The number of aliphatic hydroxyl groups is 1. The molecule has 4 nitrogen and oxygen atoms in total. The number of thiazole rings is 1. The summed E-state index contributed by atoms with van der Waals surface area (Å²) in [5, 5.41) is 13.3. The Morgan fingerprint density at radius 3 is 2.83 bits per heavy atom. The van der Waals surface area contributed by atoms with Gasteiger partial charge in [0, 0.05) is 12.1 Å². The molecule has 2 aromatic carbocycles. The number of aryl methyl sites for hydroxylation is 1. The molecular weight excluding hydrogens is 320 g/mol. The standard InChI is InChI=1S/C19H20N2O2S/c1-19(23,10-9-14-5-3-2-4-6-14)12-20-18(22)15-7-8-16-17(11-15)24-13-21-16/h2-8,11,13,23H,9-10,12H2,1H3,(H,20,22)/t19-/m1/s1. The van der Waals surface area contributed by atoms with Crippen molar-refractivity contribution in [3.63, 3.8) is 0 Å². The number of hydrogen-bond acceptors (Lipinski definition) is 4. The summed E-state index contributed by atoms with van der Waals surface area (Å²) in [7, 11) is 0. The maximum absolute atomic E-state index is 12.3. The van der Waals surface area contributed by atoms with Crippen molar-refractivity contribution in [2.75, 3.05) is 6.54 Å². The SMILES string of the molecule is C[C@@](O)(CCc1ccccc1)CNC(=O)c1ccc2ncsc2c1. The summed E-state index contributed by atoms with van der Waals surface area (Å²) in [4.78, 5) is 16.5. The van der Waals surface area contributed by atoms with Gasteiger partial charge in [-0.1, -0.05) is 30.3 Å². The van der Waals surface area contributed by atoms with Gasteiger partial charge in [-0.25, -0.2) is 4.98 Å². The topological polar surface area (TPSA) is 62.2 Å². The van der Waals surface area contributed by atoms with Gasteiger partial charge < -0.3 is 10.4 Å². The van der Waals surface area contributed by atoms with E-state index in [1.165, 1.54) is 16.9 Å². The molecule has 1 heterocycles. The first kappa shape index (κ1) is 16.6. The highest BCUT2D eigenvalue weighted by Crippen LogP contribution is 2.19. The van der Waals surface area contributed by atoms with Gasteiger partial charge in [0.2, 0.25) is 0 Å². The van der Waals surface area contributed by atoms with E-state index in [2.05, 4.69) is 10.3 Å². The van der Waals surface area contributed by atoms with E-state index >= 15 is 0 Å². The molecule has 0 aliphatic carbocycles. The summed E-state index contributed by atoms with van der Waals surface area (Å²) in [5.41, 5.74) is 3.48. The summed E-state index contributed by atoms with van der Waals surface area (Å²) >= 11 is 1.51. The second-order valence-corrected chi connectivity index (χ2v) is 7.09. The molecule has 0 fully saturated rings. The predicted octanol–water partition coefficient (Wildman–Crippen LogP) is 3.41. The van der Waals surface area contributed by atoms with Crippen molar-refractivity contribution >= 4 is 27.5 Å². The first-order valence-electron chi connectivity index (χ1n) is 7.91. The Hall–Kier alpha value is -2.24. The van der Waals surface area contributed by atoms with Gasteiger partial charge >= 0.3 is 0 Å². The van der Waals surface area contributed by atoms with Gasteiger partial charge in [0.05, 0.1) is 21.3 Å². The Bertz CT molecular complexity index is 828. The molecule has 0 saturated heterocycles. The Kier molecular flexibility index (Phi) is 4.92. The van der Waals surface area contributed by atoms with Gasteiger partial charge in [-0.05, 0) is 43.5 Å². The van der Waals surface area contributed by atoms with Crippen LogP contribution in [0.4, 0.5) is 0 Å². The van der Waals surface area contributed by atoms with Crippen molar-refractivity contribution < 1.29 is 9.90 Å². The molecule has 3 aromatic rings. The van der Waals surface area contributed by atoms with Crippen molar-refractivity contribution in [1.82, 2.24) is 10.3 Å². The second-order valence-electron chi connectivity index (χ2n) is 6.20. The first-order valence-corrected chi connectivity index (χ1v) is 8.79. The number of benzene rings is 2. The molecule has 1 aromatic heterocycles. The zero-order chi connectivity index (χ0) is 17.0. The van der Waals surface area contributed by atoms with E-state index in [1.807, 2.05) is 42.5 Å². The van der Waals surface area contributed by atoms with E-state index in [-0.39, 0.29) is 12.5 Å². The lowest BCUT2D eigenvalue weighted by molar-refractivity contribution is 0.0478. The zero-order valence-electron chi connectivity index (χ0n) is 13.5. The van der Waals surface area contributed by atoms with Crippen LogP contribution in [0.3, 0.4) is 0 Å². The lowest BCUT2D eigenvalue weighted by atomic mass is 9.96. The third-order valence-electron chi connectivity index (χ3n) is 4.02. The molecule has 0 radical (unpaired) electrons. The van der Waals surface area contributed by atoms with Gasteiger partial charge in [-0.15, -0.1) is 11.3 Å². The van der Waals surface area contributed by atoms with Gasteiger partial charge in [0.25, 0.3) is 5.91 Å². The number of fused-ring (bicyclic) bond motifs is 1. The van der Waals surface area contributed by atoms with E-state index < -0.39 is 5.60 Å². The maximum atomic E-state index is 12.3. The van der Waals surface area contributed by atoms with Crippen LogP contribution in [-0.2, 0) is 6.42 Å². The van der Waals surface area contributed by atoms with Gasteiger partial charge in [0.15, 0.2) is 0 Å². The normalized spacial score (nSPS) is 13.6. The van der Waals surface area contributed by atoms with Crippen molar-refractivity contribution in [2.24, 2.45) is 0 Å². The molecule has 2 N–H and O–H groups in total. The van der Waals surface area contributed by atoms with Crippen LogP contribution in [0.2, 0.25) is 0 Å². The van der Waals surface area contributed by atoms with E-state index in [1.54, 1.807) is 18.5 Å². The fourth-order valence-electron chi connectivity index (χ4n) is 2.52. The highest BCUT2D eigenvalue weighted by molar-refractivity contribution is 7.16. The molecule has 0 aliphatic heterocycles. The smallest absolute Gasteiger partial charge is 0.251 e. The van der Waals surface area contributed by atoms with E-state index in [0.717, 1.165) is 16.6 Å². The summed E-state index contributed by atoms with van der Waals surface area (Å²) < 4.78 is 0.985. The largest absolute Gasteiger partial charge is 0.388 e. The first-order chi connectivity index (χ1) is 11.5. The molecule has 1 amide bonds. The molecule has 3 rings (SSSR count). The quantitative estimate of drug-likeness (QED) is 0.723. The number of hydrogen-bond donors (Lipinski definition) is 2. The van der Waals surface area contributed by atoms with E-state index in [0.29, 0.717) is 12.0 Å². The van der Waals surface area contributed by atoms with Crippen molar-refractivity contribution in [3.8, 4) is 0 Å². The monoisotopic (exact) mass is 340 g/mol. The predicted molar refractivity (Wildman–Crippen MR) is 97.3 cm³/mol. The Morgan fingerprint density at radius 2 is 2.04 bits per heavy atom. The number of carbonyl (C=O) groups excluding carboxylic acids is 1. The third-order valence-corrected chi connectivity index (χ3v) is 4.81. The van der Waals surface area contributed by atoms with Crippen LogP contribution in [0.25, 0.3) is 10.2 Å². The second kappa shape index (κ2) is 7.11. The Balaban J connectivity index is 1.56.